The summed E-state index contributed by atoms with van der Waals surface area (Å²) in [5.41, 5.74) is 1.10. The maximum absolute atomic E-state index is 12.6. The average Bonchev–Trinajstić information content (AvgIpc) is 3.21. The van der Waals surface area contributed by atoms with Crippen LogP contribution in [-0.4, -0.2) is 43.9 Å². The number of likely N-dealkylation sites (tertiary alicyclic amines) is 1. The monoisotopic (exact) mass is 411 g/mol. The van der Waals surface area contributed by atoms with Gasteiger partial charge in [-0.15, -0.1) is 0 Å². The number of anilines is 1. The van der Waals surface area contributed by atoms with Gasteiger partial charge in [0.2, 0.25) is 17.7 Å². The smallest absolute Gasteiger partial charge is 0.269 e. The van der Waals surface area contributed by atoms with E-state index in [2.05, 4.69) is 10.4 Å². The molecule has 2 aromatic rings. The highest BCUT2D eigenvalue weighted by Gasteiger charge is 2.48. The summed E-state index contributed by atoms with van der Waals surface area (Å²) < 4.78 is 1.45. The zero-order valence-corrected chi connectivity index (χ0v) is 16.4. The molecule has 0 radical (unpaired) electrons. The van der Waals surface area contributed by atoms with Gasteiger partial charge in [-0.1, -0.05) is 12.8 Å². The molecule has 10 nitrogen and oxygen atoms in total. The first-order valence-corrected chi connectivity index (χ1v) is 9.81. The number of hydrogen-bond donors (Lipinski definition) is 1. The number of fused-ring (bicyclic) bond motifs is 1. The lowest BCUT2D eigenvalue weighted by Crippen LogP contribution is -2.38. The molecule has 1 aromatic carbocycles. The van der Waals surface area contributed by atoms with E-state index >= 15 is 0 Å². The minimum absolute atomic E-state index is 0.0549. The molecule has 156 valence electrons. The number of imide groups is 1. The molecule has 1 aliphatic heterocycles. The van der Waals surface area contributed by atoms with Gasteiger partial charge in [-0.05, 0) is 31.9 Å². The summed E-state index contributed by atoms with van der Waals surface area (Å²) in [4.78, 5) is 49.2. The maximum Gasteiger partial charge on any atom is 0.269 e. The summed E-state index contributed by atoms with van der Waals surface area (Å²) in [7, 11) is 0. The third-order valence-electron chi connectivity index (χ3n) is 5.64. The predicted octanol–water partition coefficient (Wildman–Crippen LogP) is 2.20. The molecule has 10 heteroatoms. The summed E-state index contributed by atoms with van der Waals surface area (Å²) in [5, 5.41) is 17.9. The highest BCUT2D eigenvalue weighted by atomic mass is 16.6. The van der Waals surface area contributed by atoms with E-state index in [9.17, 15) is 24.5 Å². The van der Waals surface area contributed by atoms with Crippen LogP contribution < -0.4 is 5.32 Å². The van der Waals surface area contributed by atoms with Crippen molar-refractivity contribution in [2.24, 2.45) is 11.8 Å². The standard InChI is InChI=1S/C20H21N5O5/c1-12-10-17(24(22-12)13-6-8-14(9-7-13)25(29)30)21-18(26)11-23-19(27)15-4-2-3-5-16(15)20(23)28/h6-10,15-16H,2-5,11H2,1H3,(H,21,26). The number of carbonyl (C=O) groups excluding carboxylic acids is 3. The second-order valence-electron chi connectivity index (χ2n) is 7.66. The Hall–Kier alpha value is -3.56. The third-order valence-corrected chi connectivity index (χ3v) is 5.64. The zero-order valence-electron chi connectivity index (χ0n) is 16.4. The lowest BCUT2D eigenvalue weighted by molar-refractivity contribution is -0.384. The molecule has 2 heterocycles. The van der Waals surface area contributed by atoms with E-state index in [1.807, 2.05) is 0 Å². The van der Waals surface area contributed by atoms with Gasteiger partial charge in [0, 0.05) is 18.2 Å². The second kappa shape index (κ2) is 7.69. The number of rotatable bonds is 5. The first-order valence-electron chi connectivity index (χ1n) is 9.81. The molecule has 2 aliphatic rings. The minimum atomic E-state index is -0.501. The molecule has 4 rings (SSSR count). The third kappa shape index (κ3) is 3.56. The Morgan fingerprint density at radius 2 is 1.77 bits per heavy atom. The van der Waals surface area contributed by atoms with Gasteiger partial charge in [0.25, 0.3) is 5.69 Å². The van der Waals surface area contributed by atoms with Crippen molar-refractivity contribution in [2.75, 3.05) is 11.9 Å². The summed E-state index contributed by atoms with van der Waals surface area (Å²) in [6.07, 6.45) is 3.24. The Labute approximate surface area is 172 Å². The van der Waals surface area contributed by atoms with Gasteiger partial charge in [-0.3, -0.25) is 29.4 Å². The van der Waals surface area contributed by atoms with E-state index in [-0.39, 0.29) is 35.9 Å². The van der Waals surface area contributed by atoms with Gasteiger partial charge in [0.1, 0.15) is 12.4 Å². The van der Waals surface area contributed by atoms with Crippen LogP contribution in [-0.2, 0) is 14.4 Å². The first kappa shape index (κ1) is 19.7. The Kier molecular flexibility index (Phi) is 5.06. The molecule has 0 spiro atoms. The van der Waals surface area contributed by atoms with Crippen LogP contribution in [0, 0.1) is 28.9 Å². The highest BCUT2D eigenvalue weighted by molar-refractivity contribution is 6.08. The lowest BCUT2D eigenvalue weighted by Gasteiger charge is -2.19. The van der Waals surface area contributed by atoms with E-state index in [1.165, 1.54) is 28.9 Å². The molecule has 1 saturated heterocycles. The van der Waals surface area contributed by atoms with Crippen molar-refractivity contribution in [3.05, 3.63) is 46.1 Å². The van der Waals surface area contributed by atoms with Crippen molar-refractivity contribution in [1.82, 2.24) is 14.7 Å². The summed E-state index contributed by atoms with van der Waals surface area (Å²) in [6.45, 7) is 1.41. The van der Waals surface area contributed by atoms with Crippen LogP contribution in [0.3, 0.4) is 0 Å². The molecule has 3 amide bonds. The van der Waals surface area contributed by atoms with E-state index < -0.39 is 10.8 Å². The Balaban J connectivity index is 1.49. The van der Waals surface area contributed by atoms with Crippen LogP contribution >= 0.6 is 0 Å². The number of aromatic nitrogens is 2. The van der Waals surface area contributed by atoms with Crippen molar-refractivity contribution < 1.29 is 19.3 Å². The Morgan fingerprint density at radius 1 is 1.17 bits per heavy atom. The summed E-state index contributed by atoms with van der Waals surface area (Å²) >= 11 is 0. The number of nitro benzene ring substituents is 1. The fraction of sp³-hybridized carbons (Fsp3) is 0.400. The Morgan fingerprint density at radius 3 is 2.33 bits per heavy atom. The fourth-order valence-electron chi connectivity index (χ4n) is 4.21. The number of nitrogens with zero attached hydrogens (tertiary/aromatic N) is 4. The SMILES string of the molecule is Cc1cc(NC(=O)CN2C(=O)C3CCCCC3C2=O)n(-c2ccc([N+](=O)[O-])cc2)n1. The van der Waals surface area contributed by atoms with Gasteiger partial charge in [0.05, 0.1) is 28.1 Å². The molecule has 1 aliphatic carbocycles. The second-order valence-corrected chi connectivity index (χ2v) is 7.66. The number of nitro groups is 1. The van der Waals surface area contributed by atoms with E-state index in [0.29, 0.717) is 30.0 Å². The van der Waals surface area contributed by atoms with Gasteiger partial charge in [-0.25, -0.2) is 4.68 Å². The van der Waals surface area contributed by atoms with Gasteiger partial charge in [-0.2, -0.15) is 5.10 Å². The maximum atomic E-state index is 12.6. The predicted molar refractivity (Wildman–Crippen MR) is 106 cm³/mol. The number of benzene rings is 1. The lowest BCUT2D eigenvalue weighted by atomic mass is 9.81. The minimum Gasteiger partial charge on any atom is -0.309 e. The number of amides is 3. The van der Waals surface area contributed by atoms with Gasteiger partial charge >= 0.3 is 0 Å². The van der Waals surface area contributed by atoms with Crippen molar-refractivity contribution >= 4 is 29.2 Å². The fourth-order valence-corrected chi connectivity index (χ4v) is 4.21. The van der Waals surface area contributed by atoms with Crippen LogP contribution in [0.4, 0.5) is 11.5 Å². The molecular weight excluding hydrogens is 390 g/mol. The van der Waals surface area contributed by atoms with Crippen LogP contribution in [0.5, 0.6) is 0 Å². The van der Waals surface area contributed by atoms with Crippen molar-refractivity contribution in [3.63, 3.8) is 0 Å². The molecule has 30 heavy (non-hydrogen) atoms. The van der Waals surface area contributed by atoms with Crippen molar-refractivity contribution in [3.8, 4) is 5.69 Å². The molecule has 0 bridgehead atoms. The number of aryl methyl sites for hydroxylation is 1. The van der Waals surface area contributed by atoms with Gasteiger partial charge in [0.15, 0.2) is 0 Å². The Bertz CT molecular complexity index is 1000. The number of non-ortho nitro benzene ring substituents is 1. The number of hydrogen-bond acceptors (Lipinski definition) is 6. The highest BCUT2D eigenvalue weighted by Crippen LogP contribution is 2.37. The van der Waals surface area contributed by atoms with Crippen LogP contribution in [0.25, 0.3) is 5.69 Å². The molecule has 2 unspecified atom stereocenters. The number of carbonyl (C=O) groups is 3. The van der Waals surface area contributed by atoms with Crippen LogP contribution in [0.2, 0.25) is 0 Å². The topological polar surface area (TPSA) is 127 Å². The van der Waals surface area contributed by atoms with Crippen LogP contribution in [0.1, 0.15) is 31.4 Å². The molecule has 2 atom stereocenters. The zero-order chi connectivity index (χ0) is 21.4. The van der Waals surface area contributed by atoms with E-state index in [4.69, 9.17) is 0 Å². The summed E-state index contributed by atoms with van der Waals surface area (Å²) in [5.74, 6) is -1.28. The molecule has 1 N–H and O–H groups in total. The van der Waals surface area contributed by atoms with Gasteiger partial charge < -0.3 is 5.32 Å². The van der Waals surface area contributed by atoms with E-state index in [0.717, 1.165) is 17.7 Å². The molecule has 2 fully saturated rings. The molecule has 1 aromatic heterocycles. The van der Waals surface area contributed by atoms with Crippen LogP contribution in [0.15, 0.2) is 30.3 Å². The summed E-state index contributed by atoms with van der Waals surface area (Å²) in [6, 6.07) is 7.39. The van der Waals surface area contributed by atoms with Crippen molar-refractivity contribution in [1.29, 1.82) is 0 Å². The number of nitrogens with one attached hydrogen (secondary N) is 1. The van der Waals surface area contributed by atoms with Crippen molar-refractivity contribution in [2.45, 2.75) is 32.6 Å². The molecule has 1 saturated carbocycles. The largest absolute Gasteiger partial charge is 0.309 e. The average molecular weight is 411 g/mol. The first-order chi connectivity index (χ1) is 14.3. The van der Waals surface area contributed by atoms with E-state index in [1.54, 1.807) is 13.0 Å². The quantitative estimate of drug-likeness (QED) is 0.456. The normalized spacial score (nSPS) is 20.9. The molecular formula is C20H21N5O5.